The van der Waals surface area contributed by atoms with Crippen molar-refractivity contribution in [2.24, 2.45) is 35.5 Å². The van der Waals surface area contributed by atoms with Crippen LogP contribution in [0, 0.1) is 35.5 Å². The summed E-state index contributed by atoms with van der Waals surface area (Å²) in [6.07, 6.45) is 6.41. The van der Waals surface area contributed by atoms with Crippen LogP contribution in [0.3, 0.4) is 0 Å². The second-order valence-electron chi connectivity index (χ2n) is 8.37. The van der Waals surface area contributed by atoms with E-state index >= 15 is 0 Å². The quantitative estimate of drug-likeness (QED) is 0.610. The number of benzene rings is 1. The van der Waals surface area contributed by atoms with Gasteiger partial charge < -0.3 is 0 Å². The lowest BCUT2D eigenvalue weighted by atomic mass is 9.63. The Balaban J connectivity index is 1.42. The Morgan fingerprint density at radius 2 is 1.59 bits per heavy atom. The fraction of sp³-hybridized carbons (Fsp3) is 0.500. The van der Waals surface area contributed by atoms with Gasteiger partial charge in [0.2, 0.25) is 17.7 Å². The van der Waals surface area contributed by atoms with Crippen LogP contribution in [0.4, 0.5) is 5.69 Å². The van der Waals surface area contributed by atoms with E-state index in [9.17, 15) is 14.4 Å². The van der Waals surface area contributed by atoms with Gasteiger partial charge >= 0.3 is 0 Å². The molecule has 0 unspecified atom stereocenters. The second kappa shape index (κ2) is 5.78. The molecule has 2 bridgehead atoms. The molecule has 0 aromatic heterocycles. The highest BCUT2D eigenvalue weighted by molar-refractivity contribution is 6.07. The molecule has 0 radical (unpaired) electrons. The average molecular weight is 364 g/mol. The number of hydrogen-bond donors (Lipinski definition) is 0. The summed E-state index contributed by atoms with van der Waals surface area (Å²) in [5.74, 6) is 0.810. The molecule has 1 aliphatic heterocycles. The van der Waals surface area contributed by atoms with Crippen LogP contribution in [0.1, 0.15) is 25.8 Å². The molecular formula is C22H24N2O3. The van der Waals surface area contributed by atoms with Crippen molar-refractivity contribution in [2.45, 2.75) is 26.7 Å². The largest absolute Gasteiger partial charge is 0.294 e. The molecule has 1 aromatic carbocycles. The van der Waals surface area contributed by atoms with Crippen molar-refractivity contribution in [3.63, 3.8) is 0 Å². The third-order valence-electron chi connectivity index (χ3n) is 7.07. The number of hydrogen-bond acceptors (Lipinski definition) is 3. The number of allylic oxidation sites excluding steroid dienone is 2. The fourth-order valence-corrected chi connectivity index (χ4v) is 5.57. The third kappa shape index (κ3) is 2.33. The van der Waals surface area contributed by atoms with Crippen LogP contribution in [0.15, 0.2) is 36.4 Å². The van der Waals surface area contributed by atoms with E-state index in [1.165, 1.54) is 22.3 Å². The molecule has 1 aromatic rings. The lowest BCUT2D eigenvalue weighted by Gasteiger charge is -2.37. The molecule has 1 saturated heterocycles. The molecule has 5 heteroatoms. The zero-order chi connectivity index (χ0) is 18.9. The number of rotatable bonds is 4. The Labute approximate surface area is 159 Å². The first-order valence-electron chi connectivity index (χ1n) is 9.92. The molecule has 5 aliphatic rings. The highest BCUT2D eigenvalue weighted by Gasteiger charge is 2.67. The summed E-state index contributed by atoms with van der Waals surface area (Å²) in [5, 5.41) is 0. The van der Waals surface area contributed by atoms with Gasteiger partial charge in [0.25, 0.3) is 0 Å². The van der Waals surface area contributed by atoms with E-state index in [0.29, 0.717) is 11.8 Å². The van der Waals surface area contributed by atoms with Crippen molar-refractivity contribution in [1.29, 1.82) is 0 Å². The summed E-state index contributed by atoms with van der Waals surface area (Å²) in [4.78, 5) is 41.4. The van der Waals surface area contributed by atoms with Gasteiger partial charge in [0, 0.05) is 12.6 Å². The van der Waals surface area contributed by atoms with E-state index in [1.54, 1.807) is 0 Å². The molecule has 4 aliphatic carbocycles. The van der Waals surface area contributed by atoms with Crippen molar-refractivity contribution < 1.29 is 14.4 Å². The number of amides is 3. The molecule has 0 N–H and O–H groups in total. The van der Waals surface area contributed by atoms with Crippen molar-refractivity contribution in [3.05, 3.63) is 42.0 Å². The van der Waals surface area contributed by atoms with E-state index in [-0.39, 0.29) is 48.1 Å². The highest BCUT2D eigenvalue weighted by Crippen LogP contribution is 2.65. The standard InChI is InChI=1S/C22H24N2O3/c1-3-13-4-6-14(7-5-13)23(12(2)25)11-24-21(26)19-15-8-9-16(18-10-17(15)18)20(19)22(24)27/h4-9,15-20H,3,10-11H2,1-2H3/t15-,16-,17-,18-,19+,20+/m1/s1. The summed E-state index contributed by atoms with van der Waals surface area (Å²) in [5.41, 5.74) is 1.91. The smallest absolute Gasteiger partial charge is 0.235 e. The van der Waals surface area contributed by atoms with Crippen LogP contribution >= 0.6 is 0 Å². The number of aryl methyl sites for hydroxylation is 1. The first kappa shape index (κ1) is 16.7. The van der Waals surface area contributed by atoms with Crippen LogP contribution in [0.5, 0.6) is 0 Å². The van der Waals surface area contributed by atoms with Crippen LogP contribution in [0.25, 0.3) is 0 Å². The number of carbonyl (C=O) groups excluding carboxylic acids is 3. The Hall–Kier alpha value is -2.43. The number of carbonyl (C=O) groups is 3. The normalized spacial score (nSPS) is 35.3. The Bertz CT molecular complexity index is 823. The van der Waals surface area contributed by atoms with Crippen LogP contribution < -0.4 is 4.90 Å². The number of likely N-dealkylation sites (tertiary alicyclic amines) is 1. The van der Waals surface area contributed by atoms with Gasteiger partial charge in [-0.2, -0.15) is 0 Å². The van der Waals surface area contributed by atoms with Gasteiger partial charge in [-0.1, -0.05) is 31.2 Å². The molecule has 3 fully saturated rings. The molecule has 27 heavy (non-hydrogen) atoms. The zero-order valence-corrected chi connectivity index (χ0v) is 15.7. The summed E-state index contributed by atoms with van der Waals surface area (Å²) >= 11 is 0. The van der Waals surface area contributed by atoms with E-state index in [0.717, 1.165) is 18.5 Å². The molecule has 5 nitrogen and oxygen atoms in total. The summed E-state index contributed by atoms with van der Waals surface area (Å²) < 4.78 is 0. The molecule has 140 valence electrons. The maximum Gasteiger partial charge on any atom is 0.235 e. The van der Waals surface area contributed by atoms with Crippen LogP contribution in [-0.4, -0.2) is 29.3 Å². The van der Waals surface area contributed by atoms with Crippen molar-refractivity contribution >= 4 is 23.4 Å². The molecule has 2 saturated carbocycles. The molecule has 3 amide bonds. The maximum absolute atomic E-state index is 13.1. The van der Waals surface area contributed by atoms with Crippen LogP contribution in [-0.2, 0) is 20.8 Å². The molecule has 6 atom stereocenters. The van der Waals surface area contributed by atoms with E-state index in [1.807, 2.05) is 24.3 Å². The molecule has 0 spiro atoms. The van der Waals surface area contributed by atoms with Crippen LogP contribution in [0.2, 0.25) is 0 Å². The van der Waals surface area contributed by atoms with Gasteiger partial charge in [-0.05, 0) is 54.2 Å². The fourth-order valence-electron chi connectivity index (χ4n) is 5.57. The predicted molar refractivity (Wildman–Crippen MR) is 100 cm³/mol. The molecule has 6 rings (SSSR count). The van der Waals surface area contributed by atoms with E-state index < -0.39 is 0 Å². The number of imide groups is 1. The lowest BCUT2D eigenvalue weighted by Crippen LogP contribution is -2.44. The maximum atomic E-state index is 13.1. The minimum atomic E-state index is -0.215. The zero-order valence-electron chi connectivity index (χ0n) is 15.7. The Kier molecular flexibility index (Phi) is 3.58. The lowest BCUT2D eigenvalue weighted by molar-refractivity contribution is -0.140. The highest BCUT2D eigenvalue weighted by atomic mass is 16.2. The Morgan fingerprint density at radius 1 is 1.04 bits per heavy atom. The SMILES string of the molecule is CCc1ccc(N(CN2C(=O)[C@H]3[C@@H]4C=C[C@H]([C@H]5C[C@H]45)[C@@H]3C2=O)C(C)=O)cc1. The van der Waals surface area contributed by atoms with Gasteiger partial charge in [0.05, 0.1) is 11.8 Å². The van der Waals surface area contributed by atoms with Crippen molar-refractivity contribution in [2.75, 3.05) is 11.6 Å². The first-order chi connectivity index (χ1) is 13.0. The topological polar surface area (TPSA) is 57.7 Å². The minimum Gasteiger partial charge on any atom is -0.294 e. The second-order valence-corrected chi connectivity index (χ2v) is 8.37. The van der Waals surface area contributed by atoms with Crippen molar-refractivity contribution in [1.82, 2.24) is 4.90 Å². The predicted octanol–water partition coefficient (Wildman–Crippen LogP) is 2.61. The van der Waals surface area contributed by atoms with Gasteiger partial charge in [-0.3, -0.25) is 24.2 Å². The van der Waals surface area contributed by atoms with Crippen molar-refractivity contribution in [3.8, 4) is 0 Å². The monoisotopic (exact) mass is 364 g/mol. The van der Waals surface area contributed by atoms with Gasteiger partial charge in [0.1, 0.15) is 6.67 Å². The minimum absolute atomic E-state index is 0.0141. The van der Waals surface area contributed by atoms with Gasteiger partial charge in [-0.25, -0.2) is 0 Å². The van der Waals surface area contributed by atoms with E-state index in [4.69, 9.17) is 0 Å². The summed E-state index contributed by atoms with van der Waals surface area (Å²) in [6, 6.07) is 7.74. The number of anilines is 1. The number of nitrogens with zero attached hydrogens (tertiary/aromatic N) is 2. The first-order valence-corrected chi connectivity index (χ1v) is 9.92. The average Bonchev–Trinajstić information content (AvgIpc) is 3.46. The van der Waals surface area contributed by atoms with E-state index in [2.05, 4.69) is 19.1 Å². The summed E-state index contributed by atoms with van der Waals surface area (Å²) in [6.45, 7) is 3.57. The third-order valence-corrected chi connectivity index (χ3v) is 7.07. The molecular weight excluding hydrogens is 340 g/mol. The summed E-state index contributed by atoms with van der Waals surface area (Å²) in [7, 11) is 0. The van der Waals surface area contributed by atoms with Gasteiger partial charge in [0.15, 0.2) is 0 Å². The molecule has 1 heterocycles. The van der Waals surface area contributed by atoms with Gasteiger partial charge in [-0.15, -0.1) is 0 Å². The Morgan fingerprint density at radius 3 is 2.07 bits per heavy atom.